The summed E-state index contributed by atoms with van der Waals surface area (Å²) >= 11 is 0. The molecule has 1 amide bonds. The molecule has 1 unspecified atom stereocenters. The number of methoxy groups -OCH3 is 1. The van der Waals surface area contributed by atoms with Gasteiger partial charge in [0, 0.05) is 40.0 Å². The van der Waals surface area contributed by atoms with E-state index in [-0.39, 0.29) is 11.8 Å². The molecule has 0 saturated heterocycles. The summed E-state index contributed by atoms with van der Waals surface area (Å²) in [6, 6.07) is 12.1. The van der Waals surface area contributed by atoms with Crippen LogP contribution in [0.5, 0.6) is 0 Å². The van der Waals surface area contributed by atoms with Gasteiger partial charge < -0.3 is 19.9 Å². The lowest BCUT2D eigenvalue weighted by Gasteiger charge is -2.26. The number of pyridine rings is 1. The zero-order valence-corrected chi connectivity index (χ0v) is 15.6. The van der Waals surface area contributed by atoms with Crippen LogP contribution in [0.4, 0.5) is 17.2 Å². The highest BCUT2D eigenvalue weighted by atomic mass is 16.5. The average Bonchev–Trinajstić information content (AvgIpc) is 2.77. The normalized spacial score (nSPS) is 16.7. The van der Waals surface area contributed by atoms with E-state index in [1.54, 1.807) is 7.11 Å². The Morgan fingerprint density at radius 2 is 2.12 bits per heavy atom. The van der Waals surface area contributed by atoms with Crippen molar-refractivity contribution < 1.29 is 9.53 Å². The van der Waals surface area contributed by atoms with Gasteiger partial charge in [-0.2, -0.15) is 0 Å². The number of nitrogens with zero attached hydrogens (tertiary/aromatic N) is 3. The van der Waals surface area contributed by atoms with Crippen molar-refractivity contribution in [1.82, 2.24) is 4.98 Å². The fraction of sp³-hybridized carbons (Fsp3) is 0.400. The quantitative estimate of drug-likeness (QED) is 0.864. The number of fused-ring (bicyclic) bond motifs is 1. The molecule has 6 heteroatoms. The summed E-state index contributed by atoms with van der Waals surface area (Å²) in [5, 5.41) is 3.02. The molecule has 1 aromatic heterocycles. The third-order valence-electron chi connectivity index (χ3n) is 4.65. The van der Waals surface area contributed by atoms with Gasteiger partial charge >= 0.3 is 0 Å². The molecule has 1 N–H and O–H groups in total. The SMILES string of the molecule is COCCN(C)c1ccc(CN2CC(C)C(=O)Nc3ccccc32)cn1. The van der Waals surface area contributed by atoms with Gasteiger partial charge in [0.15, 0.2) is 0 Å². The second-order valence-electron chi connectivity index (χ2n) is 6.73. The largest absolute Gasteiger partial charge is 0.383 e. The van der Waals surface area contributed by atoms with E-state index < -0.39 is 0 Å². The van der Waals surface area contributed by atoms with Gasteiger partial charge in [-0.15, -0.1) is 0 Å². The third kappa shape index (κ3) is 4.14. The molecule has 2 heterocycles. The van der Waals surface area contributed by atoms with E-state index in [0.717, 1.165) is 29.3 Å². The summed E-state index contributed by atoms with van der Waals surface area (Å²) in [7, 11) is 3.70. The van der Waals surface area contributed by atoms with Crippen molar-refractivity contribution in [3.05, 3.63) is 48.2 Å². The Balaban J connectivity index is 1.76. The van der Waals surface area contributed by atoms with E-state index in [9.17, 15) is 4.79 Å². The molecule has 3 rings (SSSR count). The molecule has 138 valence electrons. The predicted octanol–water partition coefficient (Wildman–Crippen LogP) is 2.76. The first-order chi connectivity index (χ1) is 12.6. The summed E-state index contributed by atoms with van der Waals surface area (Å²) in [4.78, 5) is 21.1. The van der Waals surface area contributed by atoms with Crippen molar-refractivity contribution in [2.45, 2.75) is 13.5 Å². The number of nitrogens with one attached hydrogen (secondary N) is 1. The number of para-hydroxylation sites is 2. The van der Waals surface area contributed by atoms with E-state index in [4.69, 9.17) is 4.74 Å². The van der Waals surface area contributed by atoms with E-state index >= 15 is 0 Å². The van der Waals surface area contributed by atoms with Crippen LogP contribution < -0.4 is 15.1 Å². The predicted molar refractivity (Wildman–Crippen MR) is 105 cm³/mol. The minimum atomic E-state index is -0.0743. The number of carbonyl (C=O) groups excluding carboxylic acids is 1. The van der Waals surface area contributed by atoms with E-state index in [1.165, 1.54) is 0 Å². The number of rotatable bonds is 6. The van der Waals surface area contributed by atoms with Gasteiger partial charge in [0.05, 0.1) is 23.9 Å². The molecule has 1 atom stereocenters. The monoisotopic (exact) mass is 354 g/mol. The molecule has 6 nitrogen and oxygen atoms in total. The van der Waals surface area contributed by atoms with Crippen LogP contribution in [0.1, 0.15) is 12.5 Å². The fourth-order valence-electron chi connectivity index (χ4n) is 3.07. The summed E-state index contributed by atoms with van der Waals surface area (Å²) in [5.74, 6) is 0.912. The lowest BCUT2D eigenvalue weighted by atomic mass is 10.1. The molecule has 26 heavy (non-hydrogen) atoms. The first-order valence-corrected chi connectivity index (χ1v) is 8.88. The number of anilines is 3. The van der Waals surface area contributed by atoms with Crippen molar-refractivity contribution in [2.24, 2.45) is 5.92 Å². The zero-order valence-electron chi connectivity index (χ0n) is 15.6. The van der Waals surface area contributed by atoms with Gasteiger partial charge in [0.2, 0.25) is 5.91 Å². The number of benzene rings is 1. The Labute approximate surface area is 154 Å². The van der Waals surface area contributed by atoms with Crippen molar-refractivity contribution in [1.29, 1.82) is 0 Å². The molecule has 1 aliphatic rings. The van der Waals surface area contributed by atoms with Gasteiger partial charge in [-0.3, -0.25) is 4.79 Å². The Hall–Kier alpha value is -2.60. The molecule has 0 fully saturated rings. The van der Waals surface area contributed by atoms with E-state index in [2.05, 4.69) is 26.2 Å². The number of likely N-dealkylation sites (N-methyl/N-ethyl adjacent to an activating group) is 1. The molecule has 0 saturated carbocycles. The third-order valence-corrected chi connectivity index (χ3v) is 4.65. The maximum atomic E-state index is 12.2. The molecule has 0 bridgehead atoms. The van der Waals surface area contributed by atoms with E-state index in [0.29, 0.717) is 19.7 Å². The number of carbonyl (C=O) groups is 1. The number of hydrogen-bond donors (Lipinski definition) is 1. The van der Waals surface area contributed by atoms with Crippen LogP contribution in [0.2, 0.25) is 0 Å². The van der Waals surface area contributed by atoms with Crippen LogP contribution in [0.25, 0.3) is 0 Å². The first-order valence-electron chi connectivity index (χ1n) is 8.88. The Morgan fingerprint density at radius 3 is 2.85 bits per heavy atom. The number of ether oxygens (including phenoxy) is 1. The van der Waals surface area contributed by atoms with Crippen LogP contribution in [-0.2, 0) is 16.1 Å². The van der Waals surface area contributed by atoms with Crippen molar-refractivity contribution in [3.8, 4) is 0 Å². The van der Waals surface area contributed by atoms with Crippen LogP contribution in [0, 0.1) is 5.92 Å². The molecule has 0 aliphatic carbocycles. The smallest absolute Gasteiger partial charge is 0.229 e. The van der Waals surface area contributed by atoms with Gasteiger partial charge in [-0.05, 0) is 23.8 Å². The van der Waals surface area contributed by atoms with Gasteiger partial charge in [0.25, 0.3) is 0 Å². The first kappa shape index (κ1) is 18.2. The maximum absolute atomic E-state index is 12.2. The lowest BCUT2D eigenvalue weighted by Crippen LogP contribution is -2.30. The fourth-order valence-corrected chi connectivity index (χ4v) is 3.07. The molecule has 1 aliphatic heterocycles. The second kappa shape index (κ2) is 8.19. The summed E-state index contributed by atoms with van der Waals surface area (Å²) in [6.45, 7) is 4.82. The summed E-state index contributed by atoms with van der Waals surface area (Å²) in [6.07, 6.45) is 1.91. The number of hydrogen-bond acceptors (Lipinski definition) is 5. The summed E-state index contributed by atoms with van der Waals surface area (Å²) < 4.78 is 5.11. The topological polar surface area (TPSA) is 57.7 Å². The molecule has 1 aromatic carbocycles. The number of aromatic nitrogens is 1. The van der Waals surface area contributed by atoms with Crippen molar-refractivity contribution in [3.63, 3.8) is 0 Å². The second-order valence-corrected chi connectivity index (χ2v) is 6.73. The molecule has 0 radical (unpaired) electrons. The zero-order chi connectivity index (χ0) is 18.5. The number of amides is 1. The van der Waals surface area contributed by atoms with Crippen molar-refractivity contribution >= 4 is 23.1 Å². The Kier molecular flexibility index (Phi) is 5.73. The van der Waals surface area contributed by atoms with Crippen molar-refractivity contribution in [2.75, 3.05) is 49.0 Å². The lowest BCUT2D eigenvalue weighted by molar-refractivity contribution is -0.119. The minimum Gasteiger partial charge on any atom is -0.383 e. The highest BCUT2D eigenvalue weighted by Gasteiger charge is 2.24. The highest BCUT2D eigenvalue weighted by molar-refractivity contribution is 5.97. The standard InChI is InChI=1S/C20H26N4O2/c1-15-13-24(18-7-5-4-6-17(18)22-20(15)25)14-16-8-9-19(21-12-16)23(2)10-11-26-3/h4-9,12,15H,10-11,13-14H2,1-3H3,(H,22,25). The highest BCUT2D eigenvalue weighted by Crippen LogP contribution is 2.31. The van der Waals surface area contributed by atoms with Gasteiger partial charge in [0.1, 0.15) is 5.82 Å². The van der Waals surface area contributed by atoms with Crippen LogP contribution >= 0.6 is 0 Å². The van der Waals surface area contributed by atoms with Crippen LogP contribution in [0.15, 0.2) is 42.6 Å². The molecule has 0 spiro atoms. The Bertz CT molecular complexity index is 748. The van der Waals surface area contributed by atoms with E-state index in [1.807, 2.05) is 50.5 Å². The Morgan fingerprint density at radius 1 is 1.31 bits per heavy atom. The molecule has 2 aromatic rings. The van der Waals surface area contributed by atoms with Crippen LogP contribution in [0.3, 0.4) is 0 Å². The van der Waals surface area contributed by atoms with Gasteiger partial charge in [-0.1, -0.05) is 25.1 Å². The maximum Gasteiger partial charge on any atom is 0.229 e. The average molecular weight is 354 g/mol. The minimum absolute atomic E-state index is 0.0631. The van der Waals surface area contributed by atoms with Crippen LogP contribution in [-0.4, -0.2) is 44.7 Å². The van der Waals surface area contributed by atoms with Gasteiger partial charge in [-0.25, -0.2) is 4.98 Å². The molecular weight excluding hydrogens is 328 g/mol. The summed E-state index contributed by atoms with van der Waals surface area (Å²) in [5.41, 5.74) is 3.03. The molecular formula is C20H26N4O2.